The Kier molecular flexibility index (Phi) is 6.42. The van der Waals surface area contributed by atoms with Crippen LogP contribution in [0.1, 0.15) is 37.3 Å². The zero-order valence-electron chi connectivity index (χ0n) is 9.98. The number of halogens is 3. The van der Waals surface area contributed by atoms with Crippen LogP contribution in [0.15, 0.2) is 22.7 Å². The minimum Gasteiger partial charge on any atom is -0.391 e. The first-order valence-electron chi connectivity index (χ1n) is 5.98. The minimum absolute atomic E-state index is 0. The molecule has 0 bridgehead atoms. The maximum Gasteiger partial charge on any atom is 0.0761 e. The van der Waals surface area contributed by atoms with Crippen LogP contribution >= 0.6 is 39.9 Å². The van der Waals surface area contributed by atoms with Gasteiger partial charge in [-0.2, -0.15) is 0 Å². The smallest absolute Gasteiger partial charge is 0.0761 e. The van der Waals surface area contributed by atoms with Crippen molar-refractivity contribution in [2.45, 2.75) is 37.8 Å². The van der Waals surface area contributed by atoms with Crippen LogP contribution in [0.25, 0.3) is 0 Å². The molecule has 0 aliphatic heterocycles. The first-order chi connectivity index (χ1) is 8.09. The van der Waals surface area contributed by atoms with Gasteiger partial charge in [-0.25, -0.2) is 0 Å². The number of rotatable bonds is 3. The number of nitrogens with two attached hydrogens (primary N) is 1. The fourth-order valence-electron chi connectivity index (χ4n) is 2.55. The number of aliphatic hydroxyl groups is 1. The Labute approximate surface area is 127 Å². The second-order valence-electron chi connectivity index (χ2n) is 4.73. The molecule has 1 aliphatic rings. The maximum atomic E-state index is 10.3. The first kappa shape index (κ1) is 16.3. The van der Waals surface area contributed by atoms with Crippen LogP contribution in [0, 0.1) is 5.92 Å². The number of benzene rings is 1. The molecule has 0 aromatic heterocycles. The Morgan fingerprint density at radius 1 is 1.33 bits per heavy atom. The Bertz CT molecular complexity index is 397. The number of hydrogen-bond donors (Lipinski definition) is 2. The summed E-state index contributed by atoms with van der Waals surface area (Å²) in [5, 5.41) is 10.9. The summed E-state index contributed by atoms with van der Waals surface area (Å²) in [6, 6.07) is 5.18. The molecule has 5 heteroatoms. The topological polar surface area (TPSA) is 46.2 Å². The van der Waals surface area contributed by atoms with Crippen LogP contribution in [-0.2, 0) is 0 Å². The first-order valence-corrected chi connectivity index (χ1v) is 7.15. The van der Waals surface area contributed by atoms with Crippen molar-refractivity contribution < 1.29 is 5.11 Å². The fraction of sp³-hybridized carbons (Fsp3) is 0.538. The van der Waals surface area contributed by atoms with E-state index in [1.54, 1.807) is 0 Å². The molecule has 0 unspecified atom stereocenters. The molecule has 0 amide bonds. The predicted octanol–water partition coefficient (Wildman–Crippen LogP) is 4.08. The second-order valence-corrected chi connectivity index (χ2v) is 6.05. The Morgan fingerprint density at radius 2 is 1.94 bits per heavy atom. The highest BCUT2D eigenvalue weighted by Gasteiger charge is 2.29. The molecule has 0 radical (unpaired) electrons. The van der Waals surface area contributed by atoms with Crippen LogP contribution in [0.2, 0.25) is 5.02 Å². The van der Waals surface area contributed by atoms with Crippen LogP contribution < -0.4 is 5.73 Å². The van der Waals surface area contributed by atoms with E-state index in [2.05, 4.69) is 15.9 Å². The Morgan fingerprint density at radius 3 is 2.56 bits per heavy atom. The van der Waals surface area contributed by atoms with E-state index in [4.69, 9.17) is 17.3 Å². The SMILES string of the molecule is Cl.N[C@H](c1cc(Br)ccc1Cl)[C@@H](O)C1CCCC1. The van der Waals surface area contributed by atoms with Crippen LogP contribution in [-0.4, -0.2) is 11.2 Å². The van der Waals surface area contributed by atoms with E-state index in [1.807, 2.05) is 18.2 Å². The lowest BCUT2D eigenvalue weighted by molar-refractivity contribution is 0.0845. The van der Waals surface area contributed by atoms with Gasteiger partial charge in [-0.3, -0.25) is 0 Å². The molecule has 2 atom stereocenters. The summed E-state index contributed by atoms with van der Waals surface area (Å²) in [4.78, 5) is 0. The highest BCUT2D eigenvalue weighted by molar-refractivity contribution is 9.10. The van der Waals surface area contributed by atoms with Gasteiger partial charge in [0.25, 0.3) is 0 Å². The average Bonchev–Trinajstić information content (AvgIpc) is 2.84. The van der Waals surface area contributed by atoms with Gasteiger partial charge >= 0.3 is 0 Å². The van der Waals surface area contributed by atoms with Crippen molar-refractivity contribution >= 4 is 39.9 Å². The van der Waals surface area contributed by atoms with Crippen LogP contribution in [0.5, 0.6) is 0 Å². The minimum atomic E-state index is -0.496. The number of aliphatic hydroxyl groups excluding tert-OH is 1. The van der Waals surface area contributed by atoms with Gasteiger partial charge in [0.05, 0.1) is 12.1 Å². The average molecular weight is 355 g/mol. The van der Waals surface area contributed by atoms with E-state index in [1.165, 1.54) is 12.8 Å². The summed E-state index contributed by atoms with van der Waals surface area (Å²) in [5.41, 5.74) is 6.95. The highest BCUT2D eigenvalue weighted by Crippen LogP contribution is 2.35. The van der Waals surface area contributed by atoms with E-state index < -0.39 is 12.1 Å². The standard InChI is InChI=1S/C13H17BrClNO.ClH/c14-9-5-6-11(15)10(7-9)12(16)13(17)8-3-1-2-4-8;/h5-8,12-13,17H,1-4,16H2;1H/t12-,13+;/m1./s1. The van der Waals surface area contributed by atoms with Gasteiger partial charge in [-0.15, -0.1) is 12.4 Å². The molecular weight excluding hydrogens is 337 g/mol. The summed E-state index contributed by atoms with van der Waals surface area (Å²) in [5.74, 6) is 0.319. The van der Waals surface area contributed by atoms with E-state index in [-0.39, 0.29) is 12.4 Å². The van der Waals surface area contributed by atoms with Gasteiger partial charge in [0.15, 0.2) is 0 Å². The summed E-state index contributed by atoms with van der Waals surface area (Å²) < 4.78 is 0.936. The summed E-state index contributed by atoms with van der Waals surface area (Å²) in [6.45, 7) is 0. The summed E-state index contributed by atoms with van der Waals surface area (Å²) in [7, 11) is 0. The highest BCUT2D eigenvalue weighted by atomic mass is 79.9. The zero-order chi connectivity index (χ0) is 12.4. The third-order valence-electron chi connectivity index (χ3n) is 3.57. The molecule has 1 aromatic carbocycles. The van der Waals surface area contributed by atoms with E-state index >= 15 is 0 Å². The van der Waals surface area contributed by atoms with Gasteiger partial charge in [0, 0.05) is 9.50 Å². The summed E-state index contributed by atoms with van der Waals surface area (Å²) >= 11 is 9.53. The van der Waals surface area contributed by atoms with Crippen molar-refractivity contribution in [1.29, 1.82) is 0 Å². The zero-order valence-corrected chi connectivity index (χ0v) is 13.1. The van der Waals surface area contributed by atoms with Gasteiger partial charge in [-0.1, -0.05) is 40.4 Å². The third kappa shape index (κ3) is 3.61. The lowest BCUT2D eigenvalue weighted by Gasteiger charge is -2.25. The van der Waals surface area contributed by atoms with Crippen molar-refractivity contribution in [3.8, 4) is 0 Å². The molecule has 1 fully saturated rings. The lowest BCUT2D eigenvalue weighted by Crippen LogP contribution is -2.32. The molecule has 18 heavy (non-hydrogen) atoms. The van der Waals surface area contributed by atoms with E-state index in [0.717, 1.165) is 22.9 Å². The monoisotopic (exact) mass is 353 g/mol. The molecule has 1 aromatic rings. The normalized spacial score (nSPS) is 19.3. The van der Waals surface area contributed by atoms with Gasteiger partial charge < -0.3 is 10.8 Å². The molecule has 102 valence electrons. The fourth-order valence-corrected chi connectivity index (χ4v) is 3.17. The van der Waals surface area contributed by atoms with Crippen molar-refractivity contribution in [3.63, 3.8) is 0 Å². The Hall–Kier alpha value is 0.200. The van der Waals surface area contributed by atoms with E-state index in [0.29, 0.717) is 10.9 Å². The maximum absolute atomic E-state index is 10.3. The number of hydrogen-bond acceptors (Lipinski definition) is 2. The molecule has 3 N–H and O–H groups in total. The molecule has 0 heterocycles. The molecule has 1 aliphatic carbocycles. The second kappa shape index (κ2) is 7.11. The van der Waals surface area contributed by atoms with Crippen molar-refractivity contribution in [2.75, 3.05) is 0 Å². The van der Waals surface area contributed by atoms with Crippen LogP contribution in [0.4, 0.5) is 0 Å². The van der Waals surface area contributed by atoms with Crippen molar-refractivity contribution in [2.24, 2.45) is 11.7 Å². The van der Waals surface area contributed by atoms with Crippen molar-refractivity contribution in [3.05, 3.63) is 33.3 Å². The summed E-state index contributed by atoms with van der Waals surface area (Å²) in [6.07, 6.45) is 4.03. The molecule has 2 nitrogen and oxygen atoms in total. The third-order valence-corrected chi connectivity index (χ3v) is 4.41. The molecular formula is C13H18BrCl2NO. The lowest BCUT2D eigenvalue weighted by atomic mass is 9.91. The molecule has 0 spiro atoms. The largest absolute Gasteiger partial charge is 0.391 e. The van der Waals surface area contributed by atoms with Gasteiger partial charge in [0.2, 0.25) is 0 Å². The quantitative estimate of drug-likeness (QED) is 0.859. The molecule has 1 saturated carbocycles. The Balaban J connectivity index is 0.00000162. The van der Waals surface area contributed by atoms with Gasteiger partial charge in [0.1, 0.15) is 0 Å². The van der Waals surface area contributed by atoms with Crippen LogP contribution in [0.3, 0.4) is 0 Å². The predicted molar refractivity (Wildman–Crippen MR) is 81.3 cm³/mol. The molecule has 2 rings (SSSR count). The molecule has 0 saturated heterocycles. The van der Waals surface area contributed by atoms with Gasteiger partial charge in [-0.05, 0) is 42.5 Å². The van der Waals surface area contributed by atoms with Crippen molar-refractivity contribution in [1.82, 2.24) is 0 Å². The van der Waals surface area contributed by atoms with E-state index in [9.17, 15) is 5.11 Å².